The van der Waals surface area contributed by atoms with Crippen molar-refractivity contribution in [3.8, 4) is 11.5 Å². The van der Waals surface area contributed by atoms with Gasteiger partial charge in [0.05, 0.1) is 0 Å². The maximum Gasteiger partial charge on any atom is 0.219 e. The number of rotatable bonds is 0. The summed E-state index contributed by atoms with van der Waals surface area (Å²) in [6.45, 7) is 0.890. The predicted octanol–water partition coefficient (Wildman–Crippen LogP) is 3.28. The fourth-order valence-electron chi connectivity index (χ4n) is 2.02. The largest absolute Gasteiger partial charge is 0.489 e. The van der Waals surface area contributed by atoms with E-state index >= 15 is 0 Å². The van der Waals surface area contributed by atoms with E-state index in [4.69, 9.17) is 21.7 Å². The molecular weight excluding hydrogens is 296 g/mol. The third-order valence-corrected chi connectivity index (χ3v) is 3.28. The summed E-state index contributed by atoms with van der Waals surface area (Å²) in [4.78, 5) is 8.38. The van der Waals surface area contributed by atoms with E-state index in [-0.39, 0.29) is 5.11 Å². The first-order valence-corrected chi connectivity index (χ1v) is 7.29. The minimum atomic E-state index is 0.254. The van der Waals surface area contributed by atoms with Gasteiger partial charge >= 0.3 is 0 Å². The molecular formula is C17H14N2O2S. The van der Waals surface area contributed by atoms with Crippen LogP contribution < -0.4 is 9.47 Å². The molecule has 0 fully saturated rings. The van der Waals surface area contributed by atoms with Gasteiger partial charge in [-0.1, -0.05) is 24.3 Å². The Morgan fingerprint density at radius 3 is 1.68 bits per heavy atom. The van der Waals surface area contributed by atoms with E-state index in [1.165, 1.54) is 0 Å². The van der Waals surface area contributed by atoms with E-state index in [9.17, 15) is 0 Å². The SMILES string of the molecule is S=C1/N=C/c2ccccc2OCCOc2ccccc2/C=N/1. The highest BCUT2D eigenvalue weighted by molar-refractivity contribution is 7.80. The van der Waals surface area contributed by atoms with E-state index in [2.05, 4.69) is 9.98 Å². The molecule has 0 saturated heterocycles. The molecule has 0 bridgehead atoms. The van der Waals surface area contributed by atoms with Gasteiger partial charge in [0.1, 0.15) is 24.7 Å². The first kappa shape index (κ1) is 14.4. The smallest absolute Gasteiger partial charge is 0.219 e. The number of hydrogen-bond acceptors (Lipinski definition) is 3. The number of aliphatic imine (C=N–C) groups is 2. The average Bonchev–Trinajstić information content (AvgIpc) is 2.57. The fraction of sp³-hybridized carbons (Fsp3) is 0.118. The van der Waals surface area contributed by atoms with Crippen LogP contribution in [0, 0.1) is 0 Å². The van der Waals surface area contributed by atoms with Gasteiger partial charge in [0, 0.05) is 23.6 Å². The minimum absolute atomic E-state index is 0.254. The Morgan fingerprint density at radius 2 is 1.18 bits per heavy atom. The normalized spacial score (nSPS) is 17.4. The van der Waals surface area contributed by atoms with Gasteiger partial charge in [-0.25, -0.2) is 9.98 Å². The summed E-state index contributed by atoms with van der Waals surface area (Å²) in [5, 5.41) is 0.254. The number of thiocarbonyl (C=S) groups is 1. The molecule has 0 spiro atoms. The summed E-state index contributed by atoms with van der Waals surface area (Å²) in [5.74, 6) is 1.49. The van der Waals surface area contributed by atoms with Gasteiger partial charge in [-0.2, -0.15) is 0 Å². The van der Waals surface area contributed by atoms with Crippen LogP contribution in [0.4, 0.5) is 0 Å². The Kier molecular flexibility index (Phi) is 4.56. The van der Waals surface area contributed by atoms with Gasteiger partial charge in [-0.15, -0.1) is 0 Å². The van der Waals surface area contributed by atoms with Crippen molar-refractivity contribution in [3.05, 3.63) is 59.7 Å². The summed E-state index contributed by atoms with van der Waals surface area (Å²) in [6, 6.07) is 15.3. The molecule has 0 amide bonds. The van der Waals surface area contributed by atoms with Gasteiger partial charge < -0.3 is 9.47 Å². The van der Waals surface area contributed by atoms with Crippen LogP contribution in [0.2, 0.25) is 0 Å². The van der Waals surface area contributed by atoms with E-state index in [0.717, 1.165) is 22.6 Å². The Hall–Kier alpha value is -2.53. The molecule has 3 rings (SSSR count). The molecule has 1 heterocycles. The zero-order valence-corrected chi connectivity index (χ0v) is 12.6. The summed E-state index contributed by atoms with van der Waals surface area (Å²) >= 11 is 5.15. The highest BCUT2D eigenvalue weighted by atomic mass is 32.1. The lowest BCUT2D eigenvalue weighted by Crippen LogP contribution is -2.10. The summed E-state index contributed by atoms with van der Waals surface area (Å²) in [5.41, 5.74) is 1.72. The van der Waals surface area contributed by atoms with Crippen LogP contribution in [0.3, 0.4) is 0 Å². The number of fused-ring (bicyclic) bond motifs is 2. The molecule has 0 unspecified atom stereocenters. The zero-order chi connectivity index (χ0) is 15.2. The van der Waals surface area contributed by atoms with Crippen molar-refractivity contribution in [2.75, 3.05) is 13.2 Å². The topological polar surface area (TPSA) is 43.2 Å². The Bertz CT molecular complexity index is 679. The van der Waals surface area contributed by atoms with Gasteiger partial charge in [-0.3, -0.25) is 0 Å². The van der Waals surface area contributed by atoms with E-state index in [1.807, 2.05) is 48.5 Å². The lowest BCUT2D eigenvalue weighted by Gasteiger charge is -2.11. The molecule has 1 aliphatic rings. The lowest BCUT2D eigenvalue weighted by atomic mass is 10.2. The average molecular weight is 310 g/mol. The van der Waals surface area contributed by atoms with Gasteiger partial charge in [0.25, 0.3) is 0 Å². The Morgan fingerprint density at radius 1 is 0.727 bits per heavy atom. The lowest BCUT2D eigenvalue weighted by molar-refractivity contribution is 0.217. The fourth-order valence-corrected chi connectivity index (χ4v) is 2.13. The van der Waals surface area contributed by atoms with Crippen molar-refractivity contribution in [1.82, 2.24) is 0 Å². The summed E-state index contributed by atoms with van der Waals surface area (Å²) in [6.07, 6.45) is 3.33. The van der Waals surface area contributed by atoms with Gasteiger partial charge in [0.2, 0.25) is 5.11 Å². The number of ether oxygens (including phenoxy) is 2. The number of hydrogen-bond donors (Lipinski definition) is 0. The second-order valence-corrected chi connectivity index (χ2v) is 4.94. The van der Waals surface area contributed by atoms with E-state index in [0.29, 0.717) is 13.2 Å². The van der Waals surface area contributed by atoms with Crippen LogP contribution in [0.5, 0.6) is 11.5 Å². The standard InChI is InChI=1S/C17H14N2O2S/c22-17-18-11-13-5-1-3-7-15(13)20-9-10-21-16-8-4-2-6-14(16)12-19-17/h1-8,11-12H,9-10H2/b18-11+,19-12+. The van der Waals surface area contributed by atoms with Crippen molar-refractivity contribution >= 4 is 29.8 Å². The van der Waals surface area contributed by atoms with Crippen molar-refractivity contribution in [3.63, 3.8) is 0 Å². The van der Waals surface area contributed by atoms with Crippen molar-refractivity contribution in [2.45, 2.75) is 0 Å². The second-order valence-electron chi connectivity index (χ2n) is 4.57. The Labute approximate surface area is 134 Å². The zero-order valence-electron chi connectivity index (χ0n) is 11.8. The molecule has 0 saturated carbocycles. The summed E-state index contributed by atoms with van der Waals surface area (Å²) < 4.78 is 11.5. The van der Waals surface area contributed by atoms with Crippen LogP contribution in [-0.4, -0.2) is 30.8 Å². The summed E-state index contributed by atoms with van der Waals surface area (Å²) in [7, 11) is 0. The molecule has 0 N–H and O–H groups in total. The second kappa shape index (κ2) is 6.95. The highest BCUT2D eigenvalue weighted by Crippen LogP contribution is 2.18. The third-order valence-electron chi connectivity index (χ3n) is 3.06. The molecule has 0 aliphatic carbocycles. The molecule has 0 radical (unpaired) electrons. The van der Waals surface area contributed by atoms with Crippen LogP contribution in [0.1, 0.15) is 11.1 Å². The first-order valence-electron chi connectivity index (χ1n) is 6.89. The van der Waals surface area contributed by atoms with Crippen LogP contribution >= 0.6 is 12.2 Å². The molecule has 0 aromatic heterocycles. The molecule has 2 aromatic carbocycles. The van der Waals surface area contributed by atoms with Gasteiger partial charge in [0.15, 0.2) is 0 Å². The maximum atomic E-state index is 5.75. The van der Waals surface area contributed by atoms with Gasteiger partial charge in [-0.05, 0) is 36.5 Å². The monoisotopic (exact) mass is 310 g/mol. The number of nitrogens with zero attached hydrogens (tertiary/aromatic N) is 2. The molecule has 22 heavy (non-hydrogen) atoms. The number of para-hydroxylation sites is 2. The van der Waals surface area contributed by atoms with Crippen LogP contribution in [-0.2, 0) is 0 Å². The minimum Gasteiger partial charge on any atom is -0.489 e. The van der Waals surface area contributed by atoms with Crippen molar-refractivity contribution < 1.29 is 9.47 Å². The highest BCUT2D eigenvalue weighted by Gasteiger charge is 2.04. The van der Waals surface area contributed by atoms with E-state index < -0.39 is 0 Å². The molecule has 1 aliphatic heterocycles. The van der Waals surface area contributed by atoms with Crippen molar-refractivity contribution in [2.24, 2.45) is 9.98 Å². The first-order chi connectivity index (χ1) is 10.8. The van der Waals surface area contributed by atoms with Crippen LogP contribution in [0.15, 0.2) is 58.5 Å². The van der Waals surface area contributed by atoms with Crippen LogP contribution in [0.25, 0.3) is 0 Å². The molecule has 0 atom stereocenters. The number of benzene rings is 2. The molecule has 110 valence electrons. The quantitative estimate of drug-likeness (QED) is 0.701. The third kappa shape index (κ3) is 3.56. The molecule has 2 aromatic rings. The molecule has 5 heteroatoms. The van der Waals surface area contributed by atoms with Crippen molar-refractivity contribution in [1.29, 1.82) is 0 Å². The predicted molar refractivity (Wildman–Crippen MR) is 91.7 cm³/mol. The van der Waals surface area contributed by atoms with E-state index in [1.54, 1.807) is 12.4 Å². The maximum absolute atomic E-state index is 5.75. The molecule has 4 nitrogen and oxygen atoms in total. The Balaban J connectivity index is 1.92.